The average molecular weight is 274 g/mol. The standard InChI is InChI=1S/C16H12F2O2/c1-9-12-7-10(19)5-6-15(12)20-8-13(9)11-3-2-4-14(17)16(11)18/h2-7,19H,8H2,1H3. The Labute approximate surface area is 114 Å². The number of halogens is 2. The van der Waals surface area contributed by atoms with E-state index in [9.17, 15) is 13.9 Å². The van der Waals surface area contributed by atoms with Crippen LogP contribution in [0.25, 0.3) is 11.1 Å². The summed E-state index contributed by atoms with van der Waals surface area (Å²) in [4.78, 5) is 0. The zero-order valence-corrected chi connectivity index (χ0v) is 10.8. The lowest BCUT2D eigenvalue weighted by molar-refractivity contribution is 0.362. The van der Waals surface area contributed by atoms with Gasteiger partial charge in [-0.3, -0.25) is 0 Å². The fourth-order valence-electron chi connectivity index (χ4n) is 2.37. The third-order valence-electron chi connectivity index (χ3n) is 3.47. The largest absolute Gasteiger partial charge is 0.508 e. The van der Waals surface area contributed by atoms with Gasteiger partial charge in [0.25, 0.3) is 0 Å². The first-order valence-corrected chi connectivity index (χ1v) is 6.18. The molecule has 0 radical (unpaired) electrons. The molecule has 1 aliphatic heterocycles. The van der Waals surface area contributed by atoms with E-state index >= 15 is 0 Å². The Morgan fingerprint density at radius 3 is 2.70 bits per heavy atom. The van der Waals surface area contributed by atoms with Gasteiger partial charge in [0.05, 0.1) is 0 Å². The topological polar surface area (TPSA) is 29.5 Å². The first-order valence-electron chi connectivity index (χ1n) is 6.18. The normalized spacial score (nSPS) is 13.9. The van der Waals surface area contributed by atoms with Gasteiger partial charge in [-0.05, 0) is 36.8 Å². The molecule has 0 saturated heterocycles. The maximum atomic E-state index is 13.9. The summed E-state index contributed by atoms with van der Waals surface area (Å²) in [5.41, 5.74) is 2.23. The van der Waals surface area contributed by atoms with Crippen LogP contribution in [0.3, 0.4) is 0 Å². The first-order chi connectivity index (χ1) is 9.58. The number of phenols is 1. The van der Waals surface area contributed by atoms with Gasteiger partial charge in [-0.25, -0.2) is 8.78 Å². The summed E-state index contributed by atoms with van der Waals surface area (Å²) in [6.07, 6.45) is 0. The highest BCUT2D eigenvalue weighted by Gasteiger charge is 2.21. The minimum atomic E-state index is -0.885. The second kappa shape index (κ2) is 4.63. The molecular formula is C16H12F2O2. The quantitative estimate of drug-likeness (QED) is 0.852. The lowest BCUT2D eigenvalue weighted by Crippen LogP contribution is -2.11. The van der Waals surface area contributed by atoms with Gasteiger partial charge >= 0.3 is 0 Å². The van der Waals surface area contributed by atoms with Gasteiger partial charge in [-0.15, -0.1) is 0 Å². The molecule has 0 unspecified atom stereocenters. The lowest BCUT2D eigenvalue weighted by Gasteiger charge is -2.23. The molecule has 0 spiro atoms. The summed E-state index contributed by atoms with van der Waals surface area (Å²) >= 11 is 0. The zero-order valence-electron chi connectivity index (χ0n) is 10.8. The number of aromatic hydroxyl groups is 1. The second-order valence-corrected chi connectivity index (χ2v) is 4.67. The SMILES string of the molecule is CC1=C(c2cccc(F)c2F)COc2ccc(O)cc21. The molecule has 0 aliphatic carbocycles. The molecule has 4 heteroatoms. The third-order valence-corrected chi connectivity index (χ3v) is 3.47. The number of rotatable bonds is 1. The van der Waals surface area contributed by atoms with Crippen LogP contribution < -0.4 is 4.74 Å². The molecule has 0 atom stereocenters. The molecule has 3 rings (SSSR count). The van der Waals surface area contributed by atoms with Crippen LogP contribution in [-0.4, -0.2) is 11.7 Å². The maximum absolute atomic E-state index is 13.9. The van der Waals surface area contributed by atoms with E-state index in [1.54, 1.807) is 19.1 Å². The van der Waals surface area contributed by atoms with E-state index in [4.69, 9.17) is 4.74 Å². The number of hydrogen-bond acceptors (Lipinski definition) is 2. The number of allylic oxidation sites excluding steroid dienone is 1. The van der Waals surface area contributed by atoms with Crippen molar-refractivity contribution in [3.05, 3.63) is 59.2 Å². The molecule has 2 nitrogen and oxygen atoms in total. The Bertz CT molecular complexity index is 720. The van der Waals surface area contributed by atoms with Crippen LogP contribution >= 0.6 is 0 Å². The lowest BCUT2D eigenvalue weighted by atomic mass is 9.93. The van der Waals surface area contributed by atoms with Crippen molar-refractivity contribution in [3.8, 4) is 11.5 Å². The third kappa shape index (κ3) is 1.93. The molecule has 0 fully saturated rings. The average Bonchev–Trinajstić information content (AvgIpc) is 2.44. The summed E-state index contributed by atoms with van der Waals surface area (Å²) in [7, 11) is 0. The van der Waals surface area contributed by atoms with Crippen LogP contribution in [0, 0.1) is 11.6 Å². The first kappa shape index (κ1) is 12.7. The minimum absolute atomic E-state index is 0.104. The Morgan fingerprint density at radius 2 is 1.90 bits per heavy atom. The van der Waals surface area contributed by atoms with Crippen molar-refractivity contribution in [1.29, 1.82) is 0 Å². The van der Waals surface area contributed by atoms with Gasteiger partial charge in [0, 0.05) is 16.7 Å². The summed E-state index contributed by atoms with van der Waals surface area (Å²) in [6.45, 7) is 1.98. The van der Waals surface area contributed by atoms with Crippen LogP contribution in [0.15, 0.2) is 36.4 Å². The molecule has 0 aromatic heterocycles. The molecule has 1 aliphatic rings. The van der Waals surface area contributed by atoms with Gasteiger partial charge in [0.15, 0.2) is 11.6 Å². The minimum Gasteiger partial charge on any atom is -0.508 e. The maximum Gasteiger partial charge on any atom is 0.166 e. The Hall–Kier alpha value is -2.36. The highest BCUT2D eigenvalue weighted by molar-refractivity contribution is 5.94. The molecular weight excluding hydrogens is 262 g/mol. The number of ether oxygens (including phenoxy) is 1. The van der Waals surface area contributed by atoms with Crippen LogP contribution in [0.1, 0.15) is 18.1 Å². The van der Waals surface area contributed by atoms with Crippen LogP contribution in [0.4, 0.5) is 8.78 Å². The van der Waals surface area contributed by atoms with Crippen molar-refractivity contribution in [2.75, 3.05) is 6.61 Å². The predicted octanol–water partition coefficient (Wildman–Crippen LogP) is 3.99. The molecule has 2 aromatic carbocycles. The Kier molecular flexibility index (Phi) is 2.93. The van der Waals surface area contributed by atoms with Crippen LogP contribution in [0.5, 0.6) is 11.5 Å². The summed E-state index contributed by atoms with van der Waals surface area (Å²) < 4.78 is 32.8. The molecule has 1 heterocycles. The van der Waals surface area contributed by atoms with Gasteiger partial charge in [-0.2, -0.15) is 0 Å². The van der Waals surface area contributed by atoms with Gasteiger partial charge in [0.2, 0.25) is 0 Å². The molecule has 102 valence electrons. The predicted molar refractivity (Wildman–Crippen MR) is 72.4 cm³/mol. The zero-order chi connectivity index (χ0) is 14.3. The molecule has 1 N–H and O–H groups in total. The van der Waals surface area contributed by atoms with E-state index in [0.717, 1.165) is 11.6 Å². The molecule has 0 bridgehead atoms. The summed E-state index contributed by atoms with van der Waals surface area (Å²) in [5.74, 6) is -1.04. The highest BCUT2D eigenvalue weighted by Crippen LogP contribution is 2.39. The van der Waals surface area contributed by atoms with Crippen molar-refractivity contribution < 1.29 is 18.6 Å². The van der Waals surface area contributed by atoms with Crippen LogP contribution in [-0.2, 0) is 0 Å². The van der Waals surface area contributed by atoms with Gasteiger partial charge in [0.1, 0.15) is 18.1 Å². The number of phenolic OH excluding ortho intramolecular Hbond substituents is 1. The molecule has 0 amide bonds. The van der Waals surface area contributed by atoms with E-state index < -0.39 is 11.6 Å². The number of fused-ring (bicyclic) bond motifs is 1. The highest BCUT2D eigenvalue weighted by atomic mass is 19.2. The van der Waals surface area contributed by atoms with Crippen molar-refractivity contribution >= 4 is 11.1 Å². The number of benzene rings is 2. The molecule has 20 heavy (non-hydrogen) atoms. The Morgan fingerprint density at radius 1 is 1.10 bits per heavy atom. The molecule has 0 saturated carbocycles. The second-order valence-electron chi connectivity index (χ2n) is 4.67. The monoisotopic (exact) mass is 274 g/mol. The smallest absolute Gasteiger partial charge is 0.166 e. The molecule has 2 aromatic rings. The van der Waals surface area contributed by atoms with Crippen LogP contribution in [0.2, 0.25) is 0 Å². The fourth-order valence-corrected chi connectivity index (χ4v) is 2.37. The van der Waals surface area contributed by atoms with Crippen molar-refractivity contribution in [2.45, 2.75) is 6.92 Å². The van der Waals surface area contributed by atoms with Gasteiger partial charge < -0.3 is 9.84 Å². The fraction of sp³-hybridized carbons (Fsp3) is 0.125. The van der Waals surface area contributed by atoms with E-state index in [-0.39, 0.29) is 17.9 Å². The van der Waals surface area contributed by atoms with Crippen molar-refractivity contribution in [1.82, 2.24) is 0 Å². The van der Waals surface area contributed by atoms with E-state index in [2.05, 4.69) is 0 Å². The van der Waals surface area contributed by atoms with E-state index in [1.165, 1.54) is 18.2 Å². The van der Waals surface area contributed by atoms with E-state index in [0.29, 0.717) is 16.9 Å². The van der Waals surface area contributed by atoms with Crippen molar-refractivity contribution in [3.63, 3.8) is 0 Å². The van der Waals surface area contributed by atoms with Crippen molar-refractivity contribution in [2.24, 2.45) is 0 Å². The summed E-state index contributed by atoms with van der Waals surface area (Å²) in [6, 6.07) is 8.81. The number of hydrogen-bond donors (Lipinski definition) is 1. The van der Waals surface area contributed by atoms with E-state index in [1.807, 2.05) is 0 Å². The van der Waals surface area contributed by atoms with Gasteiger partial charge in [-0.1, -0.05) is 12.1 Å². The Balaban J connectivity index is 2.20. The summed E-state index contributed by atoms with van der Waals surface area (Å²) in [5, 5.41) is 9.55.